The first-order chi connectivity index (χ1) is 8.39. The third-order valence-corrected chi connectivity index (χ3v) is 3.03. The summed E-state index contributed by atoms with van der Waals surface area (Å²) in [6.07, 6.45) is 0. The van der Waals surface area contributed by atoms with E-state index < -0.39 is 18.5 Å². The SMILES string of the molecule is Nc1nc(-c2ccccc2)c(Br)c([B-](F)(F)F)n1. The van der Waals surface area contributed by atoms with Gasteiger partial charge in [-0.3, -0.25) is 4.98 Å². The number of benzene rings is 1. The molecule has 0 saturated carbocycles. The number of nitrogens with two attached hydrogens (primary N) is 1. The molecule has 8 heteroatoms. The van der Waals surface area contributed by atoms with Crippen molar-refractivity contribution in [1.29, 1.82) is 0 Å². The lowest BCUT2D eigenvalue weighted by molar-refractivity contribution is 0.498. The Morgan fingerprint density at radius 3 is 2.22 bits per heavy atom. The quantitative estimate of drug-likeness (QED) is 0.866. The van der Waals surface area contributed by atoms with Gasteiger partial charge in [-0.1, -0.05) is 46.3 Å². The Morgan fingerprint density at radius 1 is 1.06 bits per heavy atom. The molecule has 0 aliphatic heterocycles. The van der Waals surface area contributed by atoms with E-state index in [-0.39, 0.29) is 10.2 Å². The molecule has 0 spiro atoms. The summed E-state index contributed by atoms with van der Waals surface area (Å²) in [5.74, 6) is -0.397. The Bertz CT molecular complexity index is 575. The van der Waals surface area contributed by atoms with Gasteiger partial charge >= 0.3 is 6.98 Å². The monoisotopic (exact) mass is 316 g/mol. The summed E-state index contributed by atoms with van der Waals surface area (Å²) in [6.45, 7) is -5.24. The van der Waals surface area contributed by atoms with Crippen molar-refractivity contribution in [2.24, 2.45) is 0 Å². The highest BCUT2D eigenvalue weighted by molar-refractivity contribution is 9.10. The van der Waals surface area contributed by atoms with Crippen LogP contribution in [-0.4, -0.2) is 16.9 Å². The summed E-state index contributed by atoms with van der Waals surface area (Å²) >= 11 is 2.90. The Labute approximate surface area is 109 Å². The van der Waals surface area contributed by atoms with Crippen LogP contribution in [0.15, 0.2) is 34.8 Å². The van der Waals surface area contributed by atoms with E-state index in [1.807, 2.05) is 0 Å². The van der Waals surface area contributed by atoms with Gasteiger partial charge in [-0.05, 0) is 0 Å². The second kappa shape index (κ2) is 4.60. The second-order valence-corrected chi connectivity index (χ2v) is 4.36. The van der Waals surface area contributed by atoms with Crippen molar-refractivity contribution in [2.45, 2.75) is 0 Å². The summed E-state index contributed by atoms with van der Waals surface area (Å²) in [7, 11) is 0. The van der Waals surface area contributed by atoms with Gasteiger partial charge in [-0.15, -0.1) is 0 Å². The van der Waals surface area contributed by atoms with Crippen LogP contribution < -0.4 is 11.3 Å². The van der Waals surface area contributed by atoms with Crippen LogP contribution >= 0.6 is 15.9 Å². The number of aromatic nitrogens is 2. The molecule has 0 unspecified atom stereocenters. The number of hydrogen-bond donors (Lipinski definition) is 1. The van der Waals surface area contributed by atoms with Crippen LogP contribution in [0.3, 0.4) is 0 Å². The molecular weight excluding hydrogens is 310 g/mol. The van der Waals surface area contributed by atoms with Crippen LogP contribution in [0.4, 0.5) is 18.9 Å². The van der Waals surface area contributed by atoms with Crippen molar-refractivity contribution in [1.82, 2.24) is 9.97 Å². The van der Waals surface area contributed by atoms with Crippen molar-refractivity contribution >= 4 is 34.4 Å². The number of hydrogen-bond acceptors (Lipinski definition) is 3. The van der Waals surface area contributed by atoms with Gasteiger partial charge in [0, 0.05) is 15.6 Å². The third-order valence-electron chi connectivity index (χ3n) is 2.25. The fraction of sp³-hybridized carbons (Fsp3) is 0. The molecule has 0 aliphatic carbocycles. The van der Waals surface area contributed by atoms with E-state index in [1.54, 1.807) is 30.3 Å². The third kappa shape index (κ3) is 2.48. The van der Waals surface area contributed by atoms with E-state index >= 15 is 0 Å². The zero-order valence-corrected chi connectivity index (χ0v) is 10.5. The molecule has 1 aromatic carbocycles. The zero-order chi connectivity index (χ0) is 13.3. The van der Waals surface area contributed by atoms with Gasteiger partial charge in [0.2, 0.25) is 5.95 Å². The minimum Gasteiger partial charge on any atom is -0.444 e. The maximum absolute atomic E-state index is 12.8. The molecule has 0 atom stereocenters. The molecule has 0 aliphatic rings. The van der Waals surface area contributed by atoms with Crippen LogP contribution in [0.25, 0.3) is 11.3 Å². The first-order valence-corrected chi connectivity index (χ1v) is 5.77. The van der Waals surface area contributed by atoms with E-state index in [2.05, 4.69) is 25.9 Å². The topological polar surface area (TPSA) is 51.8 Å². The molecular formula is C10H7BBrF3N3-. The Hall–Kier alpha value is -1.57. The normalized spacial score (nSPS) is 11.6. The minimum absolute atomic E-state index is 0.136. The zero-order valence-electron chi connectivity index (χ0n) is 8.95. The highest BCUT2D eigenvalue weighted by Gasteiger charge is 2.32. The van der Waals surface area contributed by atoms with Crippen LogP contribution in [0.1, 0.15) is 0 Å². The Balaban J connectivity index is 2.67. The van der Waals surface area contributed by atoms with Crippen molar-refractivity contribution in [3.8, 4) is 11.3 Å². The molecule has 2 rings (SSSR count). The van der Waals surface area contributed by atoms with Crippen molar-refractivity contribution < 1.29 is 12.9 Å². The minimum atomic E-state index is -5.24. The maximum Gasteiger partial charge on any atom is 0.529 e. The fourth-order valence-corrected chi connectivity index (χ4v) is 2.15. The van der Waals surface area contributed by atoms with E-state index in [4.69, 9.17) is 5.73 Å². The first kappa shape index (κ1) is 12.9. The standard InChI is InChI=1S/C10H7BBrF3N3/c12-7-8(6-4-2-1-3-5-6)17-10(16)18-9(7)11(13,14)15/h1-5H,(H2,16,17,18)/q-1. The molecule has 1 heterocycles. The molecule has 2 aromatic rings. The van der Waals surface area contributed by atoms with Gasteiger partial charge in [0.25, 0.3) is 0 Å². The summed E-state index contributed by atoms with van der Waals surface area (Å²) < 4.78 is 38.2. The molecule has 3 nitrogen and oxygen atoms in total. The van der Waals surface area contributed by atoms with Gasteiger partial charge in [0.05, 0.1) is 5.69 Å². The van der Waals surface area contributed by atoms with Crippen LogP contribution in [-0.2, 0) is 0 Å². The molecule has 94 valence electrons. The lowest BCUT2D eigenvalue weighted by atomic mass is 9.85. The summed E-state index contributed by atoms with van der Waals surface area (Å²) in [4.78, 5) is 7.10. The average Bonchev–Trinajstić information content (AvgIpc) is 2.31. The van der Waals surface area contributed by atoms with Crippen LogP contribution in [0.5, 0.6) is 0 Å². The molecule has 2 N–H and O–H groups in total. The van der Waals surface area contributed by atoms with Crippen molar-refractivity contribution in [3.05, 3.63) is 34.8 Å². The molecule has 0 radical (unpaired) electrons. The molecule has 0 fully saturated rings. The highest BCUT2D eigenvalue weighted by Crippen LogP contribution is 2.27. The van der Waals surface area contributed by atoms with Gasteiger partial charge in [-0.2, -0.15) is 0 Å². The van der Waals surface area contributed by atoms with Crippen LogP contribution in [0, 0.1) is 0 Å². The number of anilines is 1. The largest absolute Gasteiger partial charge is 0.529 e. The van der Waals surface area contributed by atoms with Gasteiger partial charge < -0.3 is 18.7 Å². The summed E-state index contributed by atoms with van der Waals surface area (Å²) in [5.41, 5.74) is 4.99. The summed E-state index contributed by atoms with van der Waals surface area (Å²) in [5, 5.41) is 0. The second-order valence-electron chi connectivity index (χ2n) is 3.57. The van der Waals surface area contributed by atoms with Gasteiger partial charge in [0.1, 0.15) is 0 Å². The molecule has 18 heavy (non-hydrogen) atoms. The average molecular weight is 317 g/mol. The van der Waals surface area contributed by atoms with Crippen LogP contribution in [0.2, 0.25) is 0 Å². The van der Waals surface area contributed by atoms with E-state index in [0.29, 0.717) is 5.56 Å². The van der Waals surface area contributed by atoms with E-state index in [1.165, 1.54) is 0 Å². The van der Waals surface area contributed by atoms with E-state index in [9.17, 15) is 12.9 Å². The van der Waals surface area contributed by atoms with E-state index in [0.717, 1.165) is 0 Å². The summed E-state index contributed by atoms with van der Waals surface area (Å²) in [6, 6.07) is 8.48. The lowest BCUT2D eigenvalue weighted by Crippen LogP contribution is -2.39. The maximum atomic E-state index is 12.8. The smallest absolute Gasteiger partial charge is 0.444 e. The predicted molar refractivity (Wildman–Crippen MR) is 68.3 cm³/mol. The number of nitrogens with zero attached hydrogens (tertiary/aromatic N) is 2. The number of halogens is 4. The molecule has 0 bridgehead atoms. The highest BCUT2D eigenvalue weighted by atomic mass is 79.9. The van der Waals surface area contributed by atoms with Gasteiger partial charge in [-0.25, -0.2) is 4.98 Å². The fourth-order valence-electron chi connectivity index (χ4n) is 1.49. The molecule has 0 amide bonds. The molecule has 0 saturated heterocycles. The number of nitrogen functional groups attached to an aromatic ring is 1. The van der Waals surface area contributed by atoms with Gasteiger partial charge in [0.15, 0.2) is 0 Å². The Kier molecular flexibility index (Phi) is 3.29. The molecule has 1 aromatic heterocycles. The predicted octanol–water partition coefficient (Wildman–Crippen LogP) is 2.54. The number of rotatable bonds is 2. The Morgan fingerprint density at radius 2 is 1.67 bits per heavy atom. The lowest BCUT2D eigenvalue weighted by Gasteiger charge is -2.18. The van der Waals surface area contributed by atoms with Crippen molar-refractivity contribution in [2.75, 3.05) is 5.73 Å². The first-order valence-electron chi connectivity index (χ1n) is 4.98. The van der Waals surface area contributed by atoms with Crippen molar-refractivity contribution in [3.63, 3.8) is 0 Å².